The molecule has 3 heteroatoms. The molecule has 0 atom stereocenters. The van der Waals surface area contributed by atoms with Crippen molar-refractivity contribution in [2.24, 2.45) is 23.5 Å². The molecule has 2 saturated carbocycles. The number of anilines is 2. The monoisotopic (exact) mass is 407 g/mol. The lowest BCUT2D eigenvalue weighted by atomic mass is 9.75. The molecule has 2 aliphatic carbocycles. The van der Waals surface area contributed by atoms with Crippen molar-refractivity contribution in [2.45, 2.75) is 77.2 Å². The fraction of sp³-hybridized carbons (Fsp3) is 0.556. The molecule has 0 unspecified atom stereocenters. The molecule has 2 fully saturated rings. The summed E-state index contributed by atoms with van der Waals surface area (Å²) in [7, 11) is 0. The van der Waals surface area contributed by atoms with Gasteiger partial charge >= 0.3 is 0 Å². The SMILES string of the molecule is CC1CCC(CC2CCC(N)CC2)CC1.Nc1ccc(Cc2ccc(N)cc2)cc1. The molecule has 2 aliphatic rings. The van der Waals surface area contributed by atoms with E-state index in [2.05, 4.69) is 6.92 Å². The molecule has 3 nitrogen and oxygen atoms in total. The quantitative estimate of drug-likeness (QED) is 0.531. The number of hydrogen-bond donors (Lipinski definition) is 3. The van der Waals surface area contributed by atoms with Crippen LogP contribution in [0.3, 0.4) is 0 Å². The molecule has 2 aromatic carbocycles. The lowest BCUT2D eigenvalue weighted by Crippen LogP contribution is -2.27. The largest absolute Gasteiger partial charge is 0.399 e. The van der Waals surface area contributed by atoms with Crippen LogP contribution < -0.4 is 17.2 Å². The fourth-order valence-electron chi connectivity index (χ4n) is 4.97. The number of nitrogen functional groups attached to an aromatic ring is 2. The van der Waals surface area contributed by atoms with Crippen molar-refractivity contribution >= 4 is 11.4 Å². The van der Waals surface area contributed by atoms with Gasteiger partial charge < -0.3 is 17.2 Å². The number of hydrogen-bond acceptors (Lipinski definition) is 3. The Bertz CT molecular complexity index is 658. The molecule has 2 aromatic rings. The smallest absolute Gasteiger partial charge is 0.0314 e. The maximum atomic E-state index is 5.95. The van der Waals surface area contributed by atoms with E-state index in [0.29, 0.717) is 6.04 Å². The van der Waals surface area contributed by atoms with E-state index in [1.54, 1.807) is 0 Å². The average Bonchev–Trinajstić information content (AvgIpc) is 2.75. The molecule has 0 aliphatic heterocycles. The Labute approximate surface area is 183 Å². The molecule has 0 aromatic heterocycles. The van der Waals surface area contributed by atoms with Crippen LogP contribution in [0.15, 0.2) is 48.5 Å². The summed E-state index contributed by atoms with van der Waals surface area (Å²) in [6.07, 6.45) is 13.8. The highest BCUT2D eigenvalue weighted by molar-refractivity contribution is 5.43. The van der Waals surface area contributed by atoms with Crippen LogP contribution in [0.5, 0.6) is 0 Å². The van der Waals surface area contributed by atoms with Crippen molar-refractivity contribution in [2.75, 3.05) is 11.5 Å². The van der Waals surface area contributed by atoms with Crippen LogP contribution in [-0.4, -0.2) is 6.04 Å². The van der Waals surface area contributed by atoms with E-state index in [1.165, 1.54) is 68.9 Å². The molecule has 0 spiro atoms. The van der Waals surface area contributed by atoms with Crippen LogP contribution in [-0.2, 0) is 6.42 Å². The molecule has 0 heterocycles. The highest BCUT2D eigenvalue weighted by atomic mass is 14.6. The van der Waals surface area contributed by atoms with Crippen LogP contribution in [0.2, 0.25) is 0 Å². The average molecular weight is 408 g/mol. The summed E-state index contributed by atoms with van der Waals surface area (Å²) < 4.78 is 0. The highest BCUT2D eigenvalue weighted by Gasteiger charge is 2.24. The first kappa shape index (κ1) is 22.7. The van der Waals surface area contributed by atoms with Crippen LogP contribution in [0.4, 0.5) is 11.4 Å². The van der Waals surface area contributed by atoms with Gasteiger partial charge in [-0.15, -0.1) is 0 Å². The van der Waals surface area contributed by atoms with Gasteiger partial charge in [-0.1, -0.05) is 56.9 Å². The second-order valence-electron chi connectivity index (χ2n) is 9.80. The van der Waals surface area contributed by atoms with E-state index in [0.717, 1.165) is 35.5 Å². The second kappa shape index (κ2) is 11.4. The van der Waals surface area contributed by atoms with Crippen LogP contribution in [0.1, 0.15) is 75.8 Å². The van der Waals surface area contributed by atoms with E-state index in [-0.39, 0.29) is 0 Å². The molecule has 0 saturated heterocycles. The summed E-state index contributed by atoms with van der Waals surface area (Å²) in [4.78, 5) is 0. The number of nitrogens with two attached hydrogens (primary N) is 3. The van der Waals surface area contributed by atoms with Crippen molar-refractivity contribution in [3.8, 4) is 0 Å². The van der Waals surface area contributed by atoms with Gasteiger partial charge in [0.15, 0.2) is 0 Å². The Morgan fingerprint density at radius 3 is 1.47 bits per heavy atom. The van der Waals surface area contributed by atoms with Gasteiger partial charge in [-0.3, -0.25) is 0 Å². The predicted octanol–water partition coefficient (Wildman–Crippen LogP) is 6.16. The normalized spacial score (nSPS) is 26.5. The topological polar surface area (TPSA) is 78.1 Å². The Kier molecular flexibility index (Phi) is 8.62. The van der Waals surface area contributed by atoms with Crippen molar-refractivity contribution < 1.29 is 0 Å². The van der Waals surface area contributed by atoms with Crippen LogP contribution in [0, 0.1) is 17.8 Å². The van der Waals surface area contributed by atoms with Gasteiger partial charge in [0.2, 0.25) is 0 Å². The van der Waals surface area contributed by atoms with Gasteiger partial charge in [0.05, 0.1) is 0 Å². The fourth-order valence-corrected chi connectivity index (χ4v) is 4.97. The summed E-state index contributed by atoms with van der Waals surface area (Å²) >= 11 is 0. The first-order chi connectivity index (χ1) is 14.5. The maximum Gasteiger partial charge on any atom is 0.0314 e. The molecule has 0 bridgehead atoms. The van der Waals surface area contributed by atoms with E-state index >= 15 is 0 Å². The lowest BCUT2D eigenvalue weighted by molar-refractivity contribution is 0.212. The van der Waals surface area contributed by atoms with Crippen molar-refractivity contribution in [3.63, 3.8) is 0 Å². The Balaban J connectivity index is 0.000000171. The lowest BCUT2D eigenvalue weighted by Gasteiger charge is -2.32. The zero-order valence-electron chi connectivity index (χ0n) is 18.7. The number of rotatable bonds is 4. The standard InChI is InChI=1S/C14H27N.C13H14N2/c1-11-2-4-12(5-3-11)10-13-6-8-14(15)9-7-13;14-12-5-1-10(2-6-12)9-11-3-7-13(15)8-4-11/h11-14H,2-10,15H2,1H3;1-8H,9,14-15H2. The summed E-state index contributed by atoms with van der Waals surface area (Å²) in [6, 6.07) is 16.4. The molecule has 0 amide bonds. The zero-order chi connectivity index (χ0) is 21.3. The van der Waals surface area contributed by atoms with Gasteiger partial charge in [-0.05, 0) is 91.7 Å². The van der Waals surface area contributed by atoms with Gasteiger partial charge in [-0.2, -0.15) is 0 Å². The Hall–Kier alpha value is -2.00. The number of benzene rings is 2. The van der Waals surface area contributed by atoms with Gasteiger partial charge in [0.1, 0.15) is 0 Å². The predicted molar refractivity (Wildman–Crippen MR) is 130 cm³/mol. The minimum absolute atomic E-state index is 0.521. The second-order valence-corrected chi connectivity index (χ2v) is 9.80. The third-order valence-corrected chi connectivity index (χ3v) is 7.06. The molecular formula is C27H41N3. The molecule has 6 N–H and O–H groups in total. The van der Waals surface area contributed by atoms with Crippen LogP contribution in [0.25, 0.3) is 0 Å². The molecule has 164 valence electrons. The van der Waals surface area contributed by atoms with Crippen molar-refractivity contribution in [3.05, 3.63) is 59.7 Å². The van der Waals surface area contributed by atoms with E-state index in [9.17, 15) is 0 Å². The van der Waals surface area contributed by atoms with E-state index in [4.69, 9.17) is 17.2 Å². The van der Waals surface area contributed by atoms with E-state index in [1.807, 2.05) is 48.5 Å². The Morgan fingerprint density at radius 2 is 1.03 bits per heavy atom. The minimum Gasteiger partial charge on any atom is -0.399 e. The molecule has 30 heavy (non-hydrogen) atoms. The van der Waals surface area contributed by atoms with Gasteiger partial charge in [0.25, 0.3) is 0 Å². The highest BCUT2D eigenvalue weighted by Crippen LogP contribution is 2.36. The van der Waals surface area contributed by atoms with Crippen molar-refractivity contribution in [1.29, 1.82) is 0 Å². The van der Waals surface area contributed by atoms with Crippen molar-refractivity contribution in [1.82, 2.24) is 0 Å². The first-order valence-electron chi connectivity index (χ1n) is 11.9. The summed E-state index contributed by atoms with van der Waals surface area (Å²) in [5.41, 5.74) is 21.3. The molecular weight excluding hydrogens is 366 g/mol. The molecule has 0 radical (unpaired) electrons. The summed E-state index contributed by atoms with van der Waals surface area (Å²) in [5.74, 6) is 3.07. The van der Waals surface area contributed by atoms with Gasteiger partial charge in [-0.25, -0.2) is 0 Å². The van der Waals surface area contributed by atoms with Gasteiger partial charge in [0, 0.05) is 17.4 Å². The summed E-state index contributed by atoms with van der Waals surface area (Å²) in [6.45, 7) is 2.41. The first-order valence-corrected chi connectivity index (χ1v) is 11.9. The summed E-state index contributed by atoms with van der Waals surface area (Å²) in [5, 5.41) is 0. The Morgan fingerprint density at radius 1 is 0.633 bits per heavy atom. The maximum absolute atomic E-state index is 5.95. The van der Waals surface area contributed by atoms with E-state index < -0.39 is 0 Å². The zero-order valence-corrected chi connectivity index (χ0v) is 18.7. The van der Waals surface area contributed by atoms with Crippen LogP contribution >= 0.6 is 0 Å². The minimum atomic E-state index is 0.521. The molecule has 4 rings (SSSR count). The third-order valence-electron chi connectivity index (χ3n) is 7.06. The third kappa shape index (κ3) is 7.68.